The summed E-state index contributed by atoms with van der Waals surface area (Å²) in [6.45, 7) is -0.705. The lowest BCUT2D eigenvalue weighted by atomic mass is 10.3. The van der Waals surface area contributed by atoms with Gasteiger partial charge in [0.25, 0.3) is 5.91 Å². The van der Waals surface area contributed by atoms with E-state index in [-0.39, 0.29) is 13.1 Å². The van der Waals surface area contributed by atoms with Gasteiger partial charge < -0.3 is 16.4 Å². The van der Waals surface area contributed by atoms with E-state index in [1.807, 2.05) is 0 Å². The monoisotopic (exact) mass is 397 g/mol. The van der Waals surface area contributed by atoms with E-state index >= 15 is 0 Å². The second kappa shape index (κ2) is 6.30. The van der Waals surface area contributed by atoms with Crippen LogP contribution < -0.4 is 11.5 Å². The van der Waals surface area contributed by atoms with Gasteiger partial charge in [-0.1, -0.05) is 0 Å². The number of primary amides is 2. The Hall–Kier alpha value is -0.930. The van der Waals surface area contributed by atoms with Crippen LogP contribution in [0.15, 0.2) is 14.3 Å². The third-order valence-electron chi connectivity index (χ3n) is 1.84. The second-order valence-corrected chi connectivity index (χ2v) is 6.55. The molecular formula is C9H9Br2N3O3S. The molecule has 0 fully saturated rings. The quantitative estimate of drug-likeness (QED) is 0.761. The van der Waals surface area contributed by atoms with Crippen molar-refractivity contribution in [3.05, 3.63) is 19.2 Å². The minimum absolute atomic E-state index is 0.352. The van der Waals surface area contributed by atoms with Crippen LogP contribution >= 0.6 is 43.2 Å². The maximum atomic E-state index is 12.1. The summed E-state index contributed by atoms with van der Waals surface area (Å²) in [5.41, 5.74) is 10.0. The smallest absolute Gasteiger partial charge is 0.264 e. The Balaban J connectivity index is 2.94. The molecular weight excluding hydrogens is 390 g/mol. The van der Waals surface area contributed by atoms with E-state index in [1.165, 1.54) is 11.3 Å². The highest BCUT2D eigenvalue weighted by molar-refractivity contribution is 9.13. The van der Waals surface area contributed by atoms with Crippen molar-refractivity contribution in [1.29, 1.82) is 0 Å². The predicted molar refractivity (Wildman–Crippen MR) is 74.0 cm³/mol. The Morgan fingerprint density at radius 3 is 2.00 bits per heavy atom. The zero-order chi connectivity index (χ0) is 13.9. The summed E-state index contributed by atoms with van der Waals surface area (Å²) in [6, 6.07) is 1.59. The van der Waals surface area contributed by atoms with Gasteiger partial charge in [-0.15, -0.1) is 11.3 Å². The SMILES string of the molecule is NC(=O)CN(CC(N)=O)C(=O)c1cc(Br)c(Br)s1. The first-order valence-corrected chi connectivity index (χ1v) is 7.02. The number of halogens is 2. The predicted octanol–water partition coefficient (Wildman–Crippen LogP) is 0.686. The molecule has 6 nitrogen and oxygen atoms in total. The average Bonchev–Trinajstić information content (AvgIpc) is 2.56. The molecule has 0 aliphatic rings. The molecule has 0 saturated heterocycles. The van der Waals surface area contributed by atoms with Crippen LogP contribution in [0.25, 0.3) is 0 Å². The third kappa shape index (κ3) is 4.07. The van der Waals surface area contributed by atoms with Crippen LogP contribution in [0.1, 0.15) is 9.67 Å². The number of carbonyl (C=O) groups is 3. The first-order valence-electron chi connectivity index (χ1n) is 4.62. The molecule has 0 spiro atoms. The Morgan fingerprint density at radius 2 is 1.67 bits per heavy atom. The lowest BCUT2D eigenvalue weighted by molar-refractivity contribution is -0.121. The summed E-state index contributed by atoms with van der Waals surface area (Å²) in [4.78, 5) is 35.2. The molecule has 4 N–H and O–H groups in total. The largest absolute Gasteiger partial charge is 0.368 e. The van der Waals surface area contributed by atoms with Crippen LogP contribution in [0.2, 0.25) is 0 Å². The molecule has 0 aliphatic heterocycles. The second-order valence-electron chi connectivity index (χ2n) is 3.33. The molecule has 98 valence electrons. The van der Waals surface area contributed by atoms with Gasteiger partial charge >= 0.3 is 0 Å². The van der Waals surface area contributed by atoms with E-state index in [4.69, 9.17) is 11.5 Å². The summed E-state index contributed by atoms with van der Waals surface area (Å²) >= 11 is 7.68. The molecule has 1 rings (SSSR count). The highest BCUT2D eigenvalue weighted by Crippen LogP contribution is 2.32. The van der Waals surface area contributed by atoms with Crippen LogP contribution in [-0.4, -0.2) is 35.7 Å². The highest BCUT2D eigenvalue weighted by atomic mass is 79.9. The van der Waals surface area contributed by atoms with Gasteiger partial charge in [-0.25, -0.2) is 0 Å². The van der Waals surface area contributed by atoms with Crippen LogP contribution in [0.5, 0.6) is 0 Å². The molecule has 0 aliphatic carbocycles. The molecule has 3 amide bonds. The van der Waals surface area contributed by atoms with Crippen molar-refractivity contribution >= 4 is 60.9 Å². The molecule has 1 aromatic heterocycles. The van der Waals surface area contributed by atoms with Gasteiger partial charge in [-0.3, -0.25) is 14.4 Å². The normalized spacial score (nSPS) is 10.1. The standard InChI is InChI=1S/C9H9Br2N3O3S/c10-4-1-5(18-8(4)11)9(17)14(2-6(12)15)3-7(13)16/h1H,2-3H2,(H2,12,15)(H2,13,16). The molecule has 0 atom stereocenters. The lowest BCUT2D eigenvalue weighted by Crippen LogP contribution is -2.43. The summed E-state index contributed by atoms with van der Waals surface area (Å²) in [7, 11) is 0. The molecule has 0 unspecified atom stereocenters. The lowest BCUT2D eigenvalue weighted by Gasteiger charge is -2.18. The van der Waals surface area contributed by atoms with E-state index in [2.05, 4.69) is 31.9 Å². The van der Waals surface area contributed by atoms with E-state index in [0.717, 1.165) is 8.69 Å². The number of rotatable bonds is 5. The topological polar surface area (TPSA) is 106 Å². The van der Waals surface area contributed by atoms with Crippen molar-refractivity contribution in [3.8, 4) is 0 Å². The summed E-state index contributed by atoms with van der Waals surface area (Å²) < 4.78 is 1.46. The Labute approximate surface area is 124 Å². The number of nitrogens with zero attached hydrogens (tertiary/aromatic N) is 1. The van der Waals surface area contributed by atoms with Crippen molar-refractivity contribution in [2.75, 3.05) is 13.1 Å². The maximum absolute atomic E-state index is 12.1. The van der Waals surface area contributed by atoms with Gasteiger partial charge in [0.1, 0.15) is 13.1 Å². The Morgan fingerprint density at radius 1 is 1.17 bits per heavy atom. The van der Waals surface area contributed by atoms with Crippen molar-refractivity contribution in [1.82, 2.24) is 4.90 Å². The molecule has 0 radical (unpaired) electrons. The van der Waals surface area contributed by atoms with E-state index in [9.17, 15) is 14.4 Å². The van der Waals surface area contributed by atoms with Crippen molar-refractivity contribution < 1.29 is 14.4 Å². The van der Waals surface area contributed by atoms with Gasteiger partial charge in [0.2, 0.25) is 11.8 Å². The summed E-state index contributed by atoms with van der Waals surface area (Å²) in [6.07, 6.45) is 0. The Bertz CT molecular complexity index is 468. The van der Waals surface area contributed by atoms with E-state index in [1.54, 1.807) is 6.07 Å². The summed E-state index contributed by atoms with van der Waals surface area (Å²) in [5.74, 6) is -1.89. The fourth-order valence-electron chi connectivity index (χ4n) is 1.18. The molecule has 18 heavy (non-hydrogen) atoms. The zero-order valence-corrected chi connectivity index (χ0v) is 13.0. The van der Waals surface area contributed by atoms with Crippen molar-refractivity contribution in [3.63, 3.8) is 0 Å². The number of hydrogen-bond donors (Lipinski definition) is 2. The van der Waals surface area contributed by atoms with Gasteiger partial charge in [0.05, 0.1) is 8.66 Å². The van der Waals surface area contributed by atoms with Crippen LogP contribution in [0, 0.1) is 0 Å². The van der Waals surface area contributed by atoms with Crippen molar-refractivity contribution in [2.24, 2.45) is 11.5 Å². The number of amides is 3. The van der Waals surface area contributed by atoms with E-state index < -0.39 is 17.7 Å². The molecule has 1 aromatic rings. The average molecular weight is 399 g/mol. The first-order chi connectivity index (χ1) is 8.31. The number of hydrogen-bond acceptors (Lipinski definition) is 4. The molecule has 1 heterocycles. The van der Waals surface area contributed by atoms with Crippen LogP contribution in [-0.2, 0) is 9.59 Å². The minimum atomic E-state index is -0.709. The van der Waals surface area contributed by atoms with Crippen molar-refractivity contribution in [2.45, 2.75) is 0 Å². The molecule has 0 saturated carbocycles. The van der Waals surface area contributed by atoms with Gasteiger partial charge in [-0.05, 0) is 37.9 Å². The van der Waals surface area contributed by atoms with Crippen LogP contribution in [0.3, 0.4) is 0 Å². The third-order valence-corrected chi connectivity index (χ3v) is 5.08. The molecule has 0 aromatic carbocycles. The highest BCUT2D eigenvalue weighted by Gasteiger charge is 2.22. The number of nitrogens with two attached hydrogens (primary N) is 2. The summed E-state index contributed by atoms with van der Waals surface area (Å²) in [5, 5.41) is 0. The number of thiophene rings is 1. The zero-order valence-electron chi connectivity index (χ0n) is 8.98. The Kier molecular flexibility index (Phi) is 5.29. The number of carbonyl (C=O) groups excluding carboxylic acids is 3. The fraction of sp³-hybridized carbons (Fsp3) is 0.222. The van der Waals surface area contributed by atoms with Gasteiger partial charge in [0.15, 0.2) is 0 Å². The molecule has 9 heteroatoms. The first kappa shape index (κ1) is 15.1. The van der Waals surface area contributed by atoms with E-state index in [0.29, 0.717) is 9.35 Å². The maximum Gasteiger partial charge on any atom is 0.264 e. The fourth-order valence-corrected chi connectivity index (χ4v) is 3.19. The van der Waals surface area contributed by atoms with Crippen LogP contribution in [0.4, 0.5) is 0 Å². The molecule has 0 bridgehead atoms. The van der Waals surface area contributed by atoms with Gasteiger partial charge in [-0.2, -0.15) is 0 Å². The van der Waals surface area contributed by atoms with Gasteiger partial charge in [0, 0.05) is 4.47 Å². The minimum Gasteiger partial charge on any atom is -0.368 e.